The quantitative estimate of drug-likeness (QED) is 0.811. The lowest BCUT2D eigenvalue weighted by Crippen LogP contribution is -2.31. The molecule has 0 aromatic carbocycles. The lowest BCUT2D eigenvalue weighted by atomic mass is 10.1. The molecule has 0 bridgehead atoms. The lowest BCUT2D eigenvalue weighted by molar-refractivity contribution is 0.0769. The summed E-state index contributed by atoms with van der Waals surface area (Å²) in [6.07, 6.45) is 2.60. The number of amides is 1. The van der Waals surface area contributed by atoms with Crippen molar-refractivity contribution >= 4 is 17.5 Å². The van der Waals surface area contributed by atoms with Gasteiger partial charge in [0.25, 0.3) is 5.91 Å². The summed E-state index contributed by atoms with van der Waals surface area (Å²) in [6, 6.07) is 3.25. The average Bonchev–Trinajstić information content (AvgIpc) is 2.27. The molecule has 0 radical (unpaired) electrons. The van der Waals surface area contributed by atoms with E-state index in [1.807, 2.05) is 0 Å². The third kappa shape index (κ3) is 3.49. The van der Waals surface area contributed by atoms with Crippen LogP contribution in [0.5, 0.6) is 0 Å². The van der Waals surface area contributed by atoms with Crippen molar-refractivity contribution in [3.63, 3.8) is 0 Å². The summed E-state index contributed by atoms with van der Waals surface area (Å²) in [5.41, 5.74) is 0.401. The van der Waals surface area contributed by atoms with E-state index >= 15 is 0 Å². The maximum absolute atomic E-state index is 12.0. The number of nitrogens with zero attached hydrogens (tertiary/aromatic N) is 2. The summed E-state index contributed by atoms with van der Waals surface area (Å²) in [5.74, 6) is 0.413. The summed E-state index contributed by atoms with van der Waals surface area (Å²) in [5, 5.41) is 0.537. The van der Waals surface area contributed by atoms with Gasteiger partial charge in [-0.25, -0.2) is 0 Å². The number of rotatable bonds is 4. The highest BCUT2D eigenvalue weighted by Crippen LogP contribution is 2.11. The second kappa shape index (κ2) is 5.85. The Balaban J connectivity index is 2.70. The first kappa shape index (κ1) is 13.0. The van der Waals surface area contributed by atoms with E-state index in [0.29, 0.717) is 16.6 Å². The lowest BCUT2D eigenvalue weighted by Gasteiger charge is -2.20. The van der Waals surface area contributed by atoms with Gasteiger partial charge in [-0.3, -0.25) is 9.78 Å². The van der Waals surface area contributed by atoms with Gasteiger partial charge in [-0.2, -0.15) is 0 Å². The van der Waals surface area contributed by atoms with Crippen LogP contribution < -0.4 is 0 Å². The Morgan fingerprint density at radius 2 is 2.31 bits per heavy atom. The molecule has 0 aliphatic carbocycles. The zero-order valence-corrected chi connectivity index (χ0v) is 10.7. The van der Waals surface area contributed by atoms with E-state index in [1.54, 1.807) is 30.3 Å². The van der Waals surface area contributed by atoms with Gasteiger partial charge in [-0.15, -0.1) is 0 Å². The molecule has 1 aromatic rings. The summed E-state index contributed by atoms with van der Waals surface area (Å²) in [7, 11) is 1.79. The molecule has 1 unspecified atom stereocenters. The molecule has 0 aliphatic rings. The maximum atomic E-state index is 12.0. The van der Waals surface area contributed by atoms with E-state index in [0.717, 1.165) is 13.0 Å². The van der Waals surface area contributed by atoms with Crippen LogP contribution >= 0.6 is 11.6 Å². The van der Waals surface area contributed by atoms with E-state index in [9.17, 15) is 4.79 Å². The van der Waals surface area contributed by atoms with Gasteiger partial charge >= 0.3 is 0 Å². The van der Waals surface area contributed by atoms with Crippen LogP contribution in [0.4, 0.5) is 0 Å². The van der Waals surface area contributed by atoms with Gasteiger partial charge in [-0.1, -0.05) is 31.9 Å². The third-order valence-corrected chi connectivity index (χ3v) is 2.81. The van der Waals surface area contributed by atoms with Gasteiger partial charge in [-0.05, 0) is 18.1 Å². The van der Waals surface area contributed by atoms with Gasteiger partial charge < -0.3 is 4.90 Å². The van der Waals surface area contributed by atoms with Crippen molar-refractivity contribution in [2.24, 2.45) is 5.92 Å². The Morgan fingerprint density at radius 3 is 2.88 bits per heavy atom. The topological polar surface area (TPSA) is 33.2 Å². The highest BCUT2D eigenvalue weighted by molar-refractivity contribution is 6.30. The number of hydrogen-bond acceptors (Lipinski definition) is 2. The molecule has 0 aliphatic heterocycles. The van der Waals surface area contributed by atoms with Crippen molar-refractivity contribution in [3.8, 4) is 0 Å². The van der Waals surface area contributed by atoms with Crippen LogP contribution in [0.2, 0.25) is 5.02 Å². The predicted molar refractivity (Wildman–Crippen MR) is 65.7 cm³/mol. The van der Waals surface area contributed by atoms with Gasteiger partial charge in [0, 0.05) is 24.8 Å². The second-order valence-corrected chi connectivity index (χ2v) is 4.49. The van der Waals surface area contributed by atoms with Crippen LogP contribution in [0.15, 0.2) is 18.3 Å². The number of pyridine rings is 1. The molecule has 1 aromatic heterocycles. The minimum Gasteiger partial charge on any atom is -0.340 e. The fourth-order valence-electron chi connectivity index (χ4n) is 1.40. The average molecular weight is 241 g/mol. The van der Waals surface area contributed by atoms with Crippen molar-refractivity contribution < 1.29 is 4.79 Å². The molecule has 0 saturated heterocycles. The van der Waals surface area contributed by atoms with Crippen molar-refractivity contribution in [2.45, 2.75) is 20.3 Å². The molecule has 3 nitrogen and oxygen atoms in total. The van der Waals surface area contributed by atoms with Crippen LogP contribution in [0.25, 0.3) is 0 Å². The molecular weight excluding hydrogens is 224 g/mol. The van der Waals surface area contributed by atoms with E-state index in [1.165, 1.54) is 0 Å². The molecule has 0 N–H and O–H groups in total. The first-order valence-corrected chi connectivity index (χ1v) is 5.79. The number of carbonyl (C=O) groups excluding carboxylic acids is 1. The van der Waals surface area contributed by atoms with Crippen LogP contribution in [0.1, 0.15) is 30.8 Å². The maximum Gasteiger partial charge on any atom is 0.272 e. The van der Waals surface area contributed by atoms with Crippen LogP contribution in [0, 0.1) is 5.92 Å². The number of aromatic nitrogens is 1. The Morgan fingerprint density at radius 1 is 1.62 bits per heavy atom. The predicted octanol–water partition coefficient (Wildman–Crippen LogP) is 2.85. The monoisotopic (exact) mass is 240 g/mol. The Bertz CT molecular complexity index is 368. The van der Waals surface area contributed by atoms with E-state index in [-0.39, 0.29) is 5.91 Å². The van der Waals surface area contributed by atoms with Crippen molar-refractivity contribution in [1.29, 1.82) is 0 Å². The molecule has 0 fully saturated rings. The summed E-state index contributed by atoms with van der Waals surface area (Å²) in [6.45, 7) is 4.97. The zero-order valence-electron chi connectivity index (χ0n) is 9.90. The van der Waals surface area contributed by atoms with Crippen molar-refractivity contribution in [1.82, 2.24) is 9.88 Å². The largest absolute Gasteiger partial charge is 0.340 e. The van der Waals surface area contributed by atoms with Crippen LogP contribution in [-0.4, -0.2) is 29.4 Å². The van der Waals surface area contributed by atoms with E-state index < -0.39 is 0 Å². The summed E-state index contributed by atoms with van der Waals surface area (Å²) < 4.78 is 0. The first-order chi connectivity index (χ1) is 7.54. The van der Waals surface area contributed by atoms with Crippen LogP contribution in [-0.2, 0) is 0 Å². The van der Waals surface area contributed by atoms with Crippen molar-refractivity contribution in [2.75, 3.05) is 13.6 Å². The molecule has 16 heavy (non-hydrogen) atoms. The Kier molecular flexibility index (Phi) is 4.74. The fraction of sp³-hybridized carbons (Fsp3) is 0.500. The number of carbonyl (C=O) groups is 1. The standard InChI is InChI=1S/C12H17ClN2O/c1-4-9(2)8-15(3)12(16)11-7-10(13)5-6-14-11/h5-7,9H,4,8H2,1-3H3. The molecule has 0 spiro atoms. The molecular formula is C12H17ClN2O. The minimum absolute atomic E-state index is 0.0807. The Labute approximate surface area is 101 Å². The smallest absolute Gasteiger partial charge is 0.272 e. The molecule has 1 atom stereocenters. The molecule has 1 rings (SSSR count). The molecule has 1 amide bonds. The SMILES string of the molecule is CCC(C)CN(C)C(=O)c1cc(Cl)ccn1. The second-order valence-electron chi connectivity index (χ2n) is 4.06. The van der Waals surface area contributed by atoms with Gasteiger partial charge in [0.2, 0.25) is 0 Å². The van der Waals surface area contributed by atoms with E-state index in [2.05, 4.69) is 18.8 Å². The van der Waals surface area contributed by atoms with Gasteiger partial charge in [0.05, 0.1) is 0 Å². The van der Waals surface area contributed by atoms with Gasteiger partial charge in [0.15, 0.2) is 0 Å². The molecule has 1 heterocycles. The molecule has 88 valence electrons. The molecule has 4 heteroatoms. The normalized spacial score (nSPS) is 12.2. The Hall–Kier alpha value is -1.09. The highest BCUT2D eigenvalue weighted by Gasteiger charge is 2.14. The van der Waals surface area contributed by atoms with Gasteiger partial charge in [0.1, 0.15) is 5.69 Å². The molecule has 0 saturated carbocycles. The summed E-state index contributed by atoms with van der Waals surface area (Å²) in [4.78, 5) is 17.7. The first-order valence-electron chi connectivity index (χ1n) is 5.41. The van der Waals surface area contributed by atoms with Crippen molar-refractivity contribution in [3.05, 3.63) is 29.0 Å². The highest BCUT2D eigenvalue weighted by atomic mass is 35.5. The minimum atomic E-state index is -0.0807. The fourth-order valence-corrected chi connectivity index (χ4v) is 1.56. The third-order valence-electron chi connectivity index (χ3n) is 2.57. The number of halogens is 1. The zero-order chi connectivity index (χ0) is 12.1. The van der Waals surface area contributed by atoms with E-state index in [4.69, 9.17) is 11.6 Å². The summed E-state index contributed by atoms with van der Waals surface area (Å²) >= 11 is 5.82. The number of hydrogen-bond donors (Lipinski definition) is 0. The van der Waals surface area contributed by atoms with Crippen LogP contribution in [0.3, 0.4) is 0 Å².